The van der Waals surface area contributed by atoms with E-state index >= 15 is 0 Å². The van der Waals surface area contributed by atoms with E-state index in [1.165, 1.54) is 40.5 Å². The Morgan fingerprint density at radius 2 is 1.78 bits per heavy atom. The van der Waals surface area contributed by atoms with Crippen molar-refractivity contribution in [3.8, 4) is 5.75 Å². The number of ether oxygens (including phenoxy) is 2. The fourth-order valence-electron chi connectivity index (χ4n) is 5.31. The molecule has 0 saturated carbocycles. The molecule has 3 unspecified atom stereocenters. The highest BCUT2D eigenvalue weighted by Crippen LogP contribution is 2.50. The van der Waals surface area contributed by atoms with Gasteiger partial charge in [0.15, 0.2) is 5.78 Å². The highest BCUT2D eigenvalue weighted by Gasteiger charge is 2.50. The largest absolute Gasteiger partial charge is 0.497 e. The Labute approximate surface area is 218 Å². The maximum atomic E-state index is 14.2. The molecule has 8 heteroatoms. The molecule has 37 heavy (non-hydrogen) atoms. The predicted octanol–water partition coefficient (Wildman–Crippen LogP) is 5.61. The summed E-state index contributed by atoms with van der Waals surface area (Å²) in [5.41, 5.74) is 2.25. The minimum Gasteiger partial charge on any atom is -0.497 e. The molecule has 0 bridgehead atoms. The number of benzene rings is 2. The van der Waals surface area contributed by atoms with Crippen LogP contribution in [0.25, 0.3) is 0 Å². The van der Waals surface area contributed by atoms with Gasteiger partial charge in [0, 0.05) is 40.1 Å². The number of hydrogen-bond acceptors (Lipinski definition) is 6. The van der Waals surface area contributed by atoms with E-state index in [9.17, 15) is 18.8 Å². The smallest absolute Gasteiger partial charge is 0.317 e. The van der Waals surface area contributed by atoms with Gasteiger partial charge in [-0.2, -0.15) is 0 Å². The number of carbonyl (C=O) groups is 3. The number of carbonyl (C=O) groups excluding carboxylic acids is 3. The first-order valence-corrected chi connectivity index (χ1v) is 13.0. The Bertz CT molecular complexity index is 1350. The second kappa shape index (κ2) is 10.3. The van der Waals surface area contributed by atoms with Crippen LogP contribution in [-0.2, 0) is 19.1 Å². The van der Waals surface area contributed by atoms with Crippen LogP contribution >= 0.6 is 11.3 Å². The number of nitrogens with zero attached hydrogens (tertiary/aromatic N) is 1. The monoisotopic (exact) mass is 519 g/mol. The molecule has 0 saturated heterocycles. The molecule has 0 fully saturated rings. The number of esters is 1. The van der Waals surface area contributed by atoms with E-state index in [0.29, 0.717) is 29.1 Å². The number of amides is 1. The number of Topliss-reactive ketones (excluding diaryl/α,β-unsaturated/α-hetero) is 1. The molecule has 1 aliphatic carbocycles. The number of allylic oxidation sites excluding steroid dienone is 2. The molecule has 3 atom stereocenters. The molecule has 0 N–H and O–H groups in total. The first-order valence-electron chi connectivity index (χ1n) is 12.1. The van der Waals surface area contributed by atoms with Gasteiger partial charge in [-0.05, 0) is 66.8 Å². The third-order valence-electron chi connectivity index (χ3n) is 6.97. The molecule has 1 amide bonds. The molecule has 2 aromatic carbocycles. The normalized spacial score (nSPS) is 21.6. The van der Waals surface area contributed by atoms with Crippen LogP contribution in [0.15, 0.2) is 77.3 Å². The topological polar surface area (TPSA) is 72.9 Å². The zero-order valence-electron chi connectivity index (χ0n) is 20.5. The van der Waals surface area contributed by atoms with E-state index in [-0.39, 0.29) is 24.7 Å². The van der Waals surface area contributed by atoms with Gasteiger partial charge < -0.3 is 9.47 Å². The lowest BCUT2D eigenvalue weighted by Gasteiger charge is -2.42. The van der Waals surface area contributed by atoms with E-state index in [1.807, 2.05) is 29.6 Å². The summed E-state index contributed by atoms with van der Waals surface area (Å²) in [5, 5.41) is 1.90. The molecule has 0 spiro atoms. The third kappa shape index (κ3) is 4.57. The summed E-state index contributed by atoms with van der Waals surface area (Å²) in [6, 6.07) is 16.7. The van der Waals surface area contributed by atoms with Gasteiger partial charge in [-0.25, -0.2) is 4.39 Å². The molecular weight excluding hydrogens is 493 g/mol. The fraction of sp³-hybridized carbons (Fsp3) is 0.276. The minimum atomic E-state index is -1.01. The van der Waals surface area contributed by atoms with E-state index in [0.717, 1.165) is 10.4 Å². The van der Waals surface area contributed by atoms with Crippen LogP contribution in [0.3, 0.4) is 0 Å². The molecule has 0 radical (unpaired) electrons. The summed E-state index contributed by atoms with van der Waals surface area (Å²) in [6.45, 7) is 1.87. The number of methoxy groups -OCH3 is 1. The Kier molecular flexibility index (Phi) is 6.93. The van der Waals surface area contributed by atoms with E-state index < -0.39 is 29.5 Å². The van der Waals surface area contributed by atoms with Crippen LogP contribution in [0.1, 0.15) is 42.0 Å². The van der Waals surface area contributed by atoms with Crippen LogP contribution in [-0.4, -0.2) is 31.4 Å². The van der Waals surface area contributed by atoms with Crippen molar-refractivity contribution in [2.75, 3.05) is 18.6 Å². The van der Waals surface area contributed by atoms with Crippen LogP contribution in [0.5, 0.6) is 5.75 Å². The van der Waals surface area contributed by atoms with E-state index in [1.54, 1.807) is 26.2 Å². The third-order valence-corrected chi connectivity index (χ3v) is 7.98. The van der Waals surface area contributed by atoms with Crippen molar-refractivity contribution in [1.29, 1.82) is 0 Å². The number of thiophene rings is 1. The Hall–Kier alpha value is -3.78. The van der Waals surface area contributed by atoms with Crippen molar-refractivity contribution in [1.82, 2.24) is 0 Å². The van der Waals surface area contributed by atoms with Crippen molar-refractivity contribution in [2.24, 2.45) is 5.92 Å². The molecule has 1 aromatic heterocycles. The van der Waals surface area contributed by atoms with Gasteiger partial charge in [0.05, 0.1) is 13.7 Å². The molecule has 5 rings (SSSR count). The van der Waals surface area contributed by atoms with Crippen molar-refractivity contribution in [3.63, 3.8) is 0 Å². The average molecular weight is 520 g/mol. The van der Waals surface area contributed by atoms with Gasteiger partial charge in [-0.3, -0.25) is 19.3 Å². The molecular formula is C29H26FNO5S. The van der Waals surface area contributed by atoms with Crippen LogP contribution < -0.4 is 9.64 Å². The van der Waals surface area contributed by atoms with Crippen LogP contribution in [0.4, 0.5) is 10.1 Å². The lowest BCUT2D eigenvalue weighted by Crippen LogP contribution is -2.46. The molecule has 2 aliphatic rings. The molecule has 2 heterocycles. The number of ketones is 1. The van der Waals surface area contributed by atoms with Crippen molar-refractivity contribution in [2.45, 2.75) is 31.6 Å². The van der Waals surface area contributed by atoms with Crippen LogP contribution in [0, 0.1) is 11.7 Å². The molecule has 1 aliphatic heterocycles. The summed E-state index contributed by atoms with van der Waals surface area (Å²) < 4.78 is 24.4. The summed E-state index contributed by atoms with van der Waals surface area (Å²) in [7, 11) is 1.57. The van der Waals surface area contributed by atoms with Gasteiger partial charge in [-0.1, -0.05) is 18.2 Å². The number of hydrogen-bond donors (Lipinski definition) is 0. The van der Waals surface area contributed by atoms with Gasteiger partial charge in [0.1, 0.15) is 17.5 Å². The van der Waals surface area contributed by atoms with Crippen molar-refractivity contribution in [3.05, 3.63) is 93.6 Å². The van der Waals surface area contributed by atoms with Crippen molar-refractivity contribution < 1.29 is 28.2 Å². The molecule has 3 aromatic rings. The maximum Gasteiger partial charge on any atom is 0.317 e. The number of anilines is 1. The minimum absolute atomic E-state index is 0.0352. The van der Waals surface area contributed by atoms with Gasteiger partial charge >= 0.3 is 5.97 Å². The number of halogens is 1. The predicted molar refractivity (Wildman–Crippen MR) is 138 cm³/mol. The van der Waals surface area contributed by atoms with E-state index in [2.05, 4.69) is 0 Å². The Balaban J connectivity index is 1.70. The highest BCUT2D eigenvalue weighted by molar-refractivity contribution is 7.10. The Morgan fingerprint density at radius 3 is 2.41 bits per heavy atom. The fourth-order valence-corrected chi connectivity index (χ4v) is 6.18. The average Bonchev–Trinajstić information content (AvgIpc) is 3.44. The highest BCUT2D eigenvalue weighted by atomic mass is 32.1. The summed E-state index contributed by atoms with van der Waals surface area (Å²) in [4.78, 5) is 43.4. The lowest BCUT2D eigenvalue weighted by atomic mass is 9.69. The lowest BCUT2D eigenvalue weighted by molar-refractivity contribution is -0.152. The second-order valence-electron chi connectivity index (χ2n) is 9.02. The maximum absolute atomic E-state index is 14.2. The van der Waals surface area contributed by atoms with Gasteiger partial charge in [-0.15, -0.1) is 11.3 Å². The van der Waals surface area contributed by atoms with E-state index in [4.69, 9.17) is 9.47 Å². The molecule has 190 valence electrons. The first-order chi connectivity index (χ1) is 17.9. The summed E-state index contributed by atoms with van der Waals surface area (Å²) in [5.74, 6) is -2.87. The van der Waals surface area contributed by atoms with Gasteiger partial charge in [0.25, 0.3) is 0 Å². The quantitative estimate of drug-likeness (QED) is 0.313. The number of rotatable bonds is 6. The second-order valence-corrected chi connectivity index (χ2v) is 10.00. The zero-order chi connectivity index (χ0) is 26.1. The summed E-state index contributed by atoms with van der Waals surface area (Å²) in [6.07, 6.45) is 0.328. The summed E-state index contributed by atoms with van der Waals surface area (Å²) >= 11 is 1.46. The van der Waals surface area contributed by atoms with Gasteiger partial charge in [0.2, 0.25) is 5.91 Å². The molecule has 6 nitrogen and oxygen atoms in total. The SMILES string of the molecule is CCOC(=O)C1C(=O)C2=C(CC1c1cccs1)N(c1ccc(F)cc1)C(=O)CC2c1ccc(OC)cc1. The zero-order valence-corrected chi connectivity index (χ0v) is 21.3. The van der Waals surface area contributed by atoms with Crippen LogP contribution in [0.2, 0.25) is 0 Å². The Morgan fingerprint density at radius 1 is 1.05 bits per heavy atom. The van der Waals surface area contributed by atoms with Crippen molar-refractivity contribution >= 4 is 34.7 Å². The first kappa shape index (κ1) is 24.9. The standard InChI is InChI=1S/C29H26FNO5S/c1-3-36-29(34)27-22(24-5-4-14-37-24)15-23-26(28(27)33)21(17-6-12-20(35-2)13-7-17)16-25(32)31(23)19-10-8-18(30)9-11-19/h4-14,21-22,27H,3,15-16H2,1-2H3.